The summed E-state index contributed by atoms with van der Waals surface area (Å²) in [5.41, 5.74) is 2.42. The highest BCUT2D eigenvalue weighted by Crippen LogP contribution is 2.34. The Morgan fingerprint density at radius 3 is 2.47 bits per heavy atom. The summed E-state index contributed by atoms with van der Waals surface area (Å²) >= 11 is 0. The van der Waals surface area contributed by atoms with Gasteiger partial charge in [0.15, 0.2) is 0 Å². The van der Waals surface area contributed by atoms with E-state index in [-0.39, 0.29) is 11.4 Å². The van der Waals surface area contributed by atoms with Crippen LogP contribution in [0.15, 0.2) is 36.9 Å². The van der Waals surface area contributed by atoms with Crippen molar-refractivity contribution >= 4 is 16.9 Å². The fourth-order valence-corrected chi connectivity index (χ4v) is 5.75. The lowest BCUT2D eigenvalue weighted by atomic mass is 9.79. The molecule has 1 aliphatic heterocycles. The van der Waals surface area contributed by atoms with Crippen LogP contribution >= 0.6 is 0 Å². The number of nitrogens with one attached hydrogen (secondary N) is 1. The van der Waals surface area contributed by atoms with Gasteiger partial charge in [0.2, 0.25) is 5.95 Å². The molecule has 0 aromatic carbocycles. The van der Waals surface area contributed by atoms with Crippen LogP contribution < -0.4 is 5.32 Å². The molecule has 5 rings (SSSR count). The van der Waals surface area contributed by atoms with Gasteiger partial charge in [-0.25, -0.2) is 15.0 Å². The number of carbonyl (C=O) groups is 1. The van der Waals surface area contributed by atoms with Crippen LogP contribution in [0.4, 0.5) is 0 Å². The van der Waals surface area contributed by atoms with Gasteiger partial charge < -0.3 is 10.2 Å². The van der Waals surface area contributed by atoms with Crippen molar-refractivity contribution in [3.05, 3.63) is 48.0 Å². The van der Waals surface area contributed by atoms with Crippen LogP contribution in [-0.2, 0) is 0 Å². The van der Waals surface area contributed by atoms with E-state index in [1.807, 2.05) is 23.8 Å². The van der Waals surface area contributed by atoms with Gasteiger partial charge >= 0.3 is 0 Å². The van der Waals surface area contributed by atoms with E-state index in [1.165, 1.54) is 19.3 Å². The molecule has 34 heavy (non-hydrogen) atoms. The van der Waals surface area contributed by atoms with Crippen molar-refractivity contribution in [2.24, 2.45) is 0 Å². The van der Waals surface area contributed by atoms with Gasteiger partial charge in [0, 0.05) is 68.4 Å². The number of hydrogen-bond donors (Lipinski definition) is 1. The summed E-state index contributed by atoms with van der Waals surface area (Å²) < 4.78 is 1.82. The molecule has 0 atom stereocenters. The number of nitrogens with zero attached hydrogens (tertiary/aromatic N) is 6. The number of likely N-dealkylation sites (N-methyl/N-ethyl adjacent to an activating group) is 1. The van der Waals surface area contributed by atoms with Gasteiger partial charge in [-0.2, -0.15) is 0 Å². The first-order chi connectivity index (χ1) is 16.6. The predicted octanol–water partition coefficient (Wildman–Crippen LogP) is 3.19. The summed E-state index contributed by atoms with van der Waals surface area (Å²) in [6.45, 7) is 10.4. The Kier molecular flexibility index (Phi) is 6.61. The van der Waals surface area contributed by atoms with E-state index >= 15 is 0 Å². The third-order valence-electron chi connectivity index (χ3n) is 7.76. The lowest BCUT2D eigenvalue weighted by Gasteiger charge is -2.50. The number of piperazine rings is 1. The van der Waals surface area contributed by atoms with Gasteiger partial charge in [0.05, 0.1) is 5.56 Å². The topological polar surface area (TPSA) is 79.2 Å². The molecule has 1 N–H and O–H groups in total. The van der Waals surface area contributed by atoms with E-state index in [1.54, 1.807) is 24.7 Å². The molecular weight excluding hydrogens is 426 g/mol. The number of pyridine rings is 1. The Morgan fingerprint density at radius 2 is 1.76 bits per heavy atom. The van der Waals surface area contributed by atoms with E-state index in [9.17, 15) is 4.79 Å². The summed E-state index contributed by atoms with van der Waals surface area (Å²) in [6.07, 6.45) is 13.1. The van der Waals surface area contributed by atoms with Crippen LogP contribution in [0.5, 0.6) is 0 Å². The smallest absolute Gasteiger partial charge is 0.253 e. The van der Waals surface area contributed by atoms with Gasteiger partial charge in [-0.3, -0.25) is 14.3 Å². The second-order valence-electron chi connectivity index (χ2n) is 9.68. The number of carbonyl (C=O) groups excluding carboxylic acids is 1. The summed E-state index contributed by atoms with van der Waals surface area (Å²) in [6, 6.07) is 3.73. The standard InChI is InChI=1S/C26H35N7O/c1-3-31-14-16-32(17-15-31)26(9-5-4-6-10-26)19-30-24(34)21-18-33(25-28-11-7-12-29-25)23-22(21)20(2)8-13-27-23/h7-8,11-13,18H,3-6,9-10,14-17,19H2,1-2H3,(H,30,34). The average molecular weight is 462 g/mol. The molecule has 3 aromatic rings. The third-order valence-corrected chi connectivity index (χ3v) is 7.76. The van der Waals surface area contributed by atoms with Gasteiger partial charge in [-0.1, -0.05) is 26.2 Å². The van der Waals surface area contributed by atoms with E-state index in [4.69, 9.17) is 0 Å². The number of fused-ring (bicyclic) bond motifs is 1. The van der Waals surface area contributed by atoms with Gasteiger partial charge in [0.1, 0.15) is 5.65 Å². The van der Waals surface area contributed by atoms with Crippen LogP contribution in [0.1, 0.15) is 54.9 Å². The first-order valence-corrected chi connectivity index (χ1v) is 12.6. The zero-order valence-corrected chi connectivity index (χ0v) is 20.3. The van der Waals surface area contributed by atoms with Crippen LogP contribution in [0.3, 0.4) is 0 Å². The first-order valence-electron chi connectivity index (χ1n) is 12.6. The van der Waals surface area contributed by atoms with Crippen LogP contribution in [0, 0.1) is 6.92 Å². The Labute approximate surface area is 201 Å². The summed E-state index contributed by atoms with van der Waals surface area (Å²) in [4.78, 5) is 32.1. The highest BCUT2D eigenvalue weighted by atomic mass is 16.1. The average Bonchev–Trinajstić information content (AvgIpc) is 3.30. The highest BCUT2D eigenvalue weighted by Gasteiger charge is 2.39. The molecule has 1 amide bonds. The van der Waals surface area contributed by atoms with Gasteiger partial charge in [-0.05, 0) is 44.0 Å². The Hall–Kier alpha value is -2.84. The minimum Gasteiger partial charge on any atom is -0.350 e. The maximum Gasteiger partial charge on any atom is 0.253 e. The van der Waals surface area contributed by atoms with Crippen LogP contribution in [0.25, 0.3) is 17.0 Å². The second kappa shape index (κ2) is 9.80. The molecule has 0 unspecified atom stereocenters. The van der Waals surface area contributed by atoms with E-state index in [2.05, 4.69) is 37.0 Å². The number of rotatable bonds is 6. The monoisotopic (exact) mass is 461 g/mol. The van der Waals surface area contributed by atoms with Crippen molar-refractivity contribution in [3.8, 4) is 5.95 Å². The molecule has 8 heteroatoms. The molecule has 1 saturated heterocycles. The SMILES string of the molecule is CCN1CCN(C2(CNC(=O)c3cn(-c4ncccn4)c4nccc(C)c34)CCCCC2)CC1. The van der Waals surface area contributed by atoms with Crippen molar-refractivity contribution in [2.75, 3.05) is 39.3 Å². The summed E-state index contributed by atoms with van der Waals surface area (Å²) in [7, 11) is 0. The van der Waals surface area contributed by atoms with Crippen molar-refractivity contribution in [1.29, 1.82) is 0 Å². The number of aromatic nitrogens is 4. The number of amides is 1. The molecule has 1 aliphatic carbocycles. The zero-order chi connectivity index (χ0) is 23.5. The highest BCUT2D eigenvalue weighted by molar-refractivity contribution is 6.07. The van der Waals surface area contributed by atoms with Gasteiger partial charge in [0.25, 0.3) is 5.91 Å². The molecule has 0 radical (unpaired) electrons. The van der Waals surface area contributed by atoms with Crippen molar-refractivity contribution in [2.45, 2.75) is 51.5 Å². The maximum absolute atomic E-state index is 13.6. The molecule has 1 saturated carbocycles. The van der Waals surface area contributed by atoms with E-state index in [0.29, 0.717) is 23.7 Å². The van der Waals surface area contributed by atoms with Crippen LogP contribution in [0.2, 0.25) is 0 Å². The molecular formula is C26H35N7O. The predicted molar refractivity (Wildman–Crippen MR) is 133 cm³/mol. The maximum atomic E-state index is 13.6. The molecule has 2 aliphatic rings. The Morgan fingerprint density at radius 1 is 1.03 bits per heavy atom. The molecule has 8 nitrogen and oxygen atoms in total. The fraction of sp³-hybridized carbons (Fsp3) is 0.538. The molecule has 180 valence electrons. The van der Waals surface area contributed by atoms with Crippen molar-refractivity contribution in [3.63, 3.8) is 0 Å². The second-order valence-corrected chi connectivity index (χ2v) is 9.68. The quantitative estimate of drug-likeness (QED) is 0.607. The minimum atomic E-state index is -0.0482. The minimum absolute atomic E-state index is 0.0482. The molecule has 0 bridgehead atoms. The molecule has 2 fully saturated rings. The third kappa shape index (κ3) is 4.32. The van der Waals surface area contributed by atoms with Gasteiger partial charge in [-0.15, -0.1) is 0 Å². The normalized spacial score (nSPS) is 19.4. The number of aryl methyl sites for hydroxylation is 1. The lowest BCUT2D eigenvalue weighted by Crippen LogP contribution is -2.61. The van der Waals surface area contributed by atoms with E-state index in [0.717, 1.165) is 56.5 Å². The Bertz CT molecular complexity index is 1130. The molecule has 4 heterocycles. The zero-order valence-electron chi connectivity index (χ0n) is 20.3. The van der Waals surface area contributed by atoms with Crippen molar-refractivity contribution in [1.82, 2.24) is 34.6 Å². The fourth-order valence-electron chi connectivity index (χ4n) is 5.75. The van der Waals surface area contributed by atoms with Crippen LogP contribution in [-0.4, -0.2) is 80.0 Å². The largest absolute Gasteiger partial charge is 0.350 e. The first kappa shape index (κ1) is 22.9. The van der Waals surface area contributed by atoms with E-state index < -0.39 is 0 Å². The molecule has 3 aromatic heterocycles. The molecule has 0 spiro atoms. The summed E-state index contributed by atoms with van der Waals surface area (Å²) in [5, 5.41) is 4.20. The Balaban J connectivity index is 1.41. The van der Waals surface area contributed by atoms with Crippen molar-refractivity contribution < 1.29 is 4.79 Å². The number of hydrogen-bond acceptors (Lipinski definition) is 6. The lowest BCUT2D eigenvalue weighted by molar-refractivity contribution is 0.00925. The summed E-state index contributed by atoms with van der Waals surface area (Å²) in [5.74, 6) is 0.468.